The summed E-state index contributed by atoms with van der Waals surface area (Å²) in [6.45, 7) is 0.302. The average Bonchev–Trinajstić information content (AvgIpc) is 3.11. The number of aromatic nitrogens is 1. The Morgan fingerprint density at radius 2 is 1.88 bits per heavy atom. The van der Waals surface area contributed by atoms with E-state index < -0.39 is 6.10 Å². The summed E-state index contributed by atoms with van der Waals surface area (Å²) in [6, 6.07) is 17.5. The minimum absolute atomic E-state index is 0.159. The van der Waals surface area contributed by atoms with Crippen molar-refractivity contribution in [3.8, 4) is 11.3 Å². The Morgan fingerprint density at radius 1 is 1.12 bits per heavy atom. The first-order valence-corrected chi connectivity index (χ1v) is 8.69. The van der Waals surface area contributed by atoms with Gasteiger partial charge < -0.3 is 10.0 Å². The molecule has 0 fully saturated rings. The molecule has 1 unspecified atom stereocenters. The van der Waals surface area contributed by atoms with Gasteiger partial charge in [0.05, 0.1) is 18.3 Å². The Morgan fingerprint density at radius 3 is 2.71 bits per heavy atom. The van der Waals surface area contributed by atoms with Crippen LogP contribution in [0.4, 0.5) is 5.69 Å². The number of para-hydroxylation sites is 1. The van der Waals surface area contributed by atoms with E-state index >= 15 is 0 Å². The van der Waals surface area contributed by atoms with Crippen LogP contribution < -0.4 is 4.90 Å². The molecule has 1 amide bonds. The number of hydrogen-bond acceptors (Lipinski definition) is 4. The number of aliphatic hydroxyl groups excluding tert-OH is 1. The minimum Gasteiger partial charge on any atom is -0.391 e. The van der Waals surface area contributed by atoms with Crippen molar-refractivity contribution in [3.63, 3.8) is 0 Å². The highest BCUT2D eigenvalue weighted by atomic mass is 32.1. The molecule has 0 saturated heterocycles. The van der Waals surface area contributed by atoms with Gasteiger partial charge in [0, 0.05) is 23.1 Å². The number of carbonyl (C=O) groups is 1. The Bertz CT molecular complexity index is 876. The fraction of sp³-hybridized carbons (Fsp3) is 0.158. The van der Waals surface area contributed by atoms with E-state index in [1.165, 1.54) is 11.3 Å². The lowest BCUT2D eigenvalue weighted by molar-refractivity contribution is 0.0954. The molecule has 1 atom stereocenters. The molecule has 2 heterocycles. The highest BCUT2D eigenvalue weighted by Gasteiger charge is 2.29. The molecule has 4 rings (SSSR count). The fourth-order valence-corrected chi connectivity index (χ4v) is 3.77. The van der Waals surface area contributed by atoms with Crippen LogP contribution >= 0.6 is 11.3 Å². The number of fused-ring (bicyclic) bond motifs is 1. The first-order chi connectivity index (χ1) is 11.7. The molecule has 120 valence electrons. The zero-order valence-corrected chi connectivity index (χ0v) is 13.7. The monoisotopic (exact) mass is 336 g/mol. The maximum Gasteiger partial charge on any atom is 0.287 e. The summed E-state index contributed by atoms with van der Waals surface area (Å²) in [5.41, 5.74) is 3.65. The van der Waals surface area contributed by atoms with Crippen molar-refractivity contribution < 1.29 is 9.90 Å². The topological polar surface area (TPSA) is 53.4 Å². The van der Waals surface area contributed by atoms with Crippen LogP contribution in [-0.2, 0) is 6.42 Å². The van der Waals surface area contributed by atoms with Gasteiger partial charge in [0.2, 0.25) is 0 Å². The van der Waals surface area contributed by atoms with Gasteiger partial charge in [-0.25, -0.2) is 4.98 Å². The number of thiazole rings is 1. The molecule has 1 aliphatic rings. The fourth-order valence-electron chi connectivity index (χ4n) is 3.00. The van der Waals surface area contributed by atoms with Crippen LogP contribution in [0.3, 0.4) is 0 Å². The Hall–Kier alpha value is -2.50. The zero-order valence-electron chi connectivity index (χ0n) is 12.9. The predicted octanol–water partition coefficient (Wildman–Crippen LogP) is 3.37. The molecule has 0 bridgehead atoms. The molecular weight excluding hydrogens is 320 g/mol. The summed E-state index contributed by atoms with van der Waals surface area (Å²) in [4.78, 5) is 19.1. The van der Waals surface area contributed by atoms with Crippen LogP contribution in [0.25, 0.3) is 11.3 Å². The Balaban J connectivity index is 1.66. The molecule has 0 spiro atoms. The van der Waals surface area contributed by atoms with E-state index in [-0.39, 0.29) is 5.91 Å². The third-order valence-electron chi connectivity index (χ3n) is 4.13. The first-order valence-electron chi connectivity index (χ1n) is 7.81. The van der Waals surface area contributed by atoms with Crippen LogP contribution in [0.2, 0.25) is 0 Å². The number of rotatable bonds is 2. The molecule has 0 saturated carbocycles. The molecule has 0 radical (unpaired) electrons. The maximum atomic E-state index is 12.9. The summed E-state index contributed by atoms with van der Waals surface area (Å²) < 4.78 is 0. The van der Waals surface area contributed by atoms with Gasteiger partial charge in [0.1, 0.15) is 0 Å². The molecule has 4 nitrogen and oxygen atoms in total. The number of amides is 1. The van der Waals surface area contributed by atoms with E-state index in [4.69, 9.17) is 0 Å². The summed E-state index contributed by atoms with van der Waals surface area (Å²) in [7, 11) is 0. The summed E-state index contributed by atoms with van der Waals surface area (Å²) in [6.07, 6.45) is 0.0324. The van der Waals surface area contributed by atoms with Gasteiger partial charge in [-0.3, -0.25) is 4.79 Å². The van der Waals surface area contributed by atoms with E-state index in [2.05, 4.69) is 4.98 Å². The number of carbonyl (C=O) groups excluding carboxylic acids is 1. The van der Waals surface area contributed by atoms with Crippen LogP contribution in [0.1, 0.15) is 15.4 Å². The lowest BCUT2D eigenvalue weighted by atomic mass is 10.00. The van der Waals surface area contributed by atoms with Crippen LogP contribution in [0.15, 0.2) is 60.0 Å². The second-order valence-corrected chi connectivity index (χ2v) is 6.66. The normalized spacial score (nSPS) is 16.7. The highest BCUT2D eigenvalue weighted by Crippen LogP contribution is 2.30. The van der Waals surface area contributed by atoms with Crippen LogP contribution in [0.5, 0.6) is 0 Å². The molecule has 3 aromatic rings. The summed E-state index contributed by atoms with van der Waals surface area (Å²) in [5.74, 6) is -0.159. The number of benzene rings is 2. The zero-order chi connectivity index (χ0) is 16.5. The third kappa shape index (κ3) is 2.72. The summed E-state index contributed by atoms with van der Waals surface area (Å²) in [5, 5.41) is 12.4. The Kier molecular flexibility index (Phi) is 3.88. The van der Waals surface area contributed by atoms with Gasteiger partial charge in [0.25, 0.3) is 5.91 Å². The van der Waals surface area contributed by atoms with Gasteiger partial charge in [-0.15, -0.1) is 11.3 Å². The second-order valence-electron chi connectivity index (χ2n) is 5.81. The number of β-amino-alcohol motifs (C(OH)–C–C–N with tert-alkyl or cyclic N) is 1. The van der Waals surface area contributed by atoms with Crippen molar-refractivity contribution in [3.05, 3.63) is 70.5 Å². The van der Waals surface area contributed by atoms with Crippen LogP contribution in [0, 0.1) is 0 Å². The average molecular weight is 336 g/mol. The second kappa shape index (κ2) is 6.19. The minimum atomic E-state index is -0.544. The molecule has 24 heavy (non-hydrogen) atoms. The first kappa shape index (κ1) is 15.1. The quantitative estimate of drug-likeness (QED) is 0.780. The van der Waals surface area contributed by atoms with Gasteiger partial charge in [-0.2, -0.15) is 0 Å². The van der Waals surface area contributed by atoms with E-state index in [9.17, 15) is 9.90 Å². The number of nitrogens with zero attached hydrogens (tertiary/aromatic N) is 2. The largest absolute Gasteiger partial charge is 0.391 e. The highest BCUT2D eigenvalue weighted by molar-refractivity contribution is 7.12. The van der Waals surface area contributed by atoms with Gasteiger partial charge in [-0.05, 0) is 11.6 Å². The third-order valence-corrected chi connectivity index (χ3v) is 4.96. The Labute approximate surface area is 144 Å². The molecule has 1 aromatic heterocycles. The molecule has 5 heteroatoms. The van der Waals surface area contributed by atoms with Gasteiger partial charge >= 0.3 is 0 Å². The van der Waals surface area contributed by atoms with Crippen molar-refractivity contribution in [1.82, 2.24) is 4.98 Å². The van der Waals surface area contributed by atoms with E-state index in [1.807, 2.05) is 60.0 Å². The van der Waals surface area contributed by atoms with E-state index in [1.54, 1.807) is 4.90 Å². The van der Waals surface area contributed by atoms with Crippen molar-refractivity contribution in [1.29, 1.82) is 0 Å². The van der Waals surface area contributed by atoms with Crippen molar-refractivity contribution >= 4 is 22.9 Å². The van der Waals surface area contributed by atoms with Gasteiger partial charge in [-0.1, -0.05) is 48.5 Å². The molecule has 1 aliphatic heterocycles. The maximum absolute atomic E-state index is 12.9. The van der Waals surface area contributed by atoms with E-state index in [0.717, 1.165) is 22.5 Å². The smallest absolute Gasteiger partial charge is 0.287 e. The van der Waals surface area contributed by atoms with Crippen molar-refractivity contribution in [2.45, 2.75) is 12.5 Å². The SMILES string of the molecule is O=C(c1nc(-c2ccccc2)cs1)N1CC(O)Cc2ccccc21. The van der Waals surface area contributed by atoms with Gasteiger partial charge in [0.15, 0.2) is 5.01 Å². The number of anilines is 1. The molecule has 1 N–H and O–H groups in total. The number of hydrogen-bond donors (Lipinski definition) is 1. The number of aliphatic hydroxyl groups is 1. The summed E-state index contributed by atoms with van der Waals surface area (Å²) >= 11 is 1.34. The molecule has 2 aromatic carbocycles. The standard InChI is InChI=1S/C19H16N2O2S/c22-15-10-14-8-4-5-9-17(14)21(11-15)19(23)18-20-16(12-24-18)13-6-2-1-3-7-13/h1-9,12,15,22H,10-11H2. The van der Waals surface area contributed by atoms with Crippen LogP contribution in [-0.4, -0.2) is 28.6 Å². The lowest BCUT2D eigenvalue weighted by Crippen LogP contribution is -2.42. The lowest BCUT2D eigenvalue weighted by Gasteiger charge is -2.31. The van der Waals surface area contributed by atoms with Crippen molar-refractivity contribution in [2.75, 3.05) is 11.4 Å². The van der Waals surface area contributed by atoms with E-state index in [0.29, 0.717) is 18.0 Å². The van der Waals surface area contributed by atoms with Crippen molar-refractivity contribution in [2.24, 2.45) is 0 Å². The molecule has 0 aliphatic carbocycles. The molecular formula is C19H16N2O2S. The predicted molar refractivity (Wildman–Crippen MR) is 95.4 cm³/mol.